The molecule has 0 aromatic heterocycles. The van der Waals surface area contributed by atoms with E-state index in [-0.39, 0.29) is 11.9 Å². The Kier molecular flexibility index (Phi) is 2.32. The zero-order chi connectivity index (χ0) is 8.43. The predicted octanol–water partition coefficient (Wildman–Crippen LogP) is 1.90. The van der Waals surface area contributed by atoms with Crippen LogP contribution in [0.1, 0.15) is 27.2 Å². The van der Waals surface area contributed by atoms with Gasteiger partial charge in [-0.1, -0.05) is 13.8 Å². The number of carbonyl (C=O) groups excluding carboxylic acids is 1. The highest BCUT2D eigenvalue weighted by Crippen LogP contribution is 2.19. The van der Waals surface area contributed by atoms with E-state index in [0.29, 0.717) is 12.3 Å². The summed E-state index contributed by atoms with van der Waals surface area (Å²) in [5, 5.41) is 0. The molecule has 0 spiro atoms. The van der Waals surface area contributed by atoms with Gasteiger partial charge in [0.25, 0.3) is 0 Å². The summed E-state index contributed by atoms with van der Waals surface area (Å²) in [7, 11) is 0. The standard InChI is InChI=1S/C9H14O2/c1-6(2)9-4-8(10)7(3)5-11-9/h5-6,9H,4H2,1-3H3. The summed E-state index contributed by atoms with van der Waals surface area (Å²) < 4.78 is 5.34. The fourth-order valence-corrected chi connectivity index (χ4v) is 1.04. The van der Waals surface area contributed by atoms with Crippen molar-refractivity contribution < 1.29 is 9.53 Å². The molecule has 0 fully saturated rings. The second-order valence-corrected chi connectivity index (χ2v) is 3.35. The Balaban J connectivity index is 2.62. The summed E-state index contributed by atoms with van der Waals surface area (Å²) in [5.74, 6) is 0.637. The maximum absolute atomic E-state index is 11.2. The third-order valence-electron chi connectivity index (χ3n) is 1.99. The molecule has 1 atom stereocenters. The van der Waals surface area contributed by atoms with Gasteiger partial charge in [-0.3, -0.25) is 4.79 Å². The quantitative estimate of drug-likeness (QED) is 0.576. The van der Waals surface area contributed by atoms with Crippen LogP contribution in [0, 0.1) is 5.92 Å². The highest BCUT2D eigenvalue weighted by molar-refractivity contribution is 5.95. The number of rotatable bonds is 1. The van der Waals surface area contributed by atoms with Crippen LogP contribution in [0.25, 0.3) is 0 Å². The molecule has 0 saturated heterocycles. The van der Waals surface area contributed by atoms with Gasteiger partial charge < -0.3 is 4.74 Å². The van der Waals surface area contributed by atoms with Crippen molar-refractivity contribution in [2.24, 2.45) is 5.92 Å². The van der Waals surface area contributed by atoms with Gasteiger partial charge in [-0.15, -0.1) is 0 Å². The Morgan fingerprint density at radius 1 is 1.64 bits per heavy atom. The molecule has 0 aliphatic carbocycles. The van der Waals surface area contributed by atoms with Gasteiger partial charge in [0.2, 0.25) is 0 Å². The van der Waals surface area contributed by atoms with Crippen LogP contribution in [0.2, 0.25) is 0 Å². The van der Waals surface area contributed by atoms with E-state index in [2.05, 4.69) is 13.8 Å². The summed E-state index contributed by atoms with van der Waals surface area (Å²) in [6.45, 7) is 5.91. The first-order valence-electron chi connectivity index (χ1n) is 3.96. The van der Waals surface area contributed by atoms with Crippen LogP contribution in [-0.4, -0.2) is 11.9 Å². The van der Waals surface area contributed by atoms with Gasteiger partial charge in [-0.2, -0.15) is 0 Å². The van der Waals surface area contributed by atoms with Crippen LogP contribution < -0.4 is 0 Å². The Hall–Kier alpha value is -0.790. The molecule has 0 N–H and O–H groups in total. The number of hydrogen-bond acceptors (Lipinski definition) is 2. The minimum Gasteiger partial charge on any atom is -0.497 e. The predicted molar refractivity (Wildman–Crippen MR) is 43.1 cm³/mol. The van der Waals surface area contributed by atoms with Crippen LogP contribution in [0.5, 0.6) is 0 Å². The summed E-state index contributed by atoms with van der Waals surface area (Å²) in [6, 6.07) is 0. The number of Topliss-reactive ketones (excluding diaryl/α,β-unsaturated/α-hetero) is 1. The molecule has 2 nitrogen and oxygen atoms in total. The number of ether oxygens (including phenoxy) is 1. The van der Waals surface area contributed by atoms with Crippen LogP contribution in [-0.2, 0) is 9.53 Å². The SMILES string of the molecule is CC1=COC(C(C)C)CC1=O. The Bertz CT molecular complexity index is 192. The third-order valence-corrected chi connectivity index (χ3v) is 1.99. The van der Waals surface area contributed by atoms with Crippen molar-refractivity contribution in [3.63, 3.8) is 0 Å². The molecule has 62 valence electrons. The van der Waals surface area contributed by atoms with Crippen molar-refractivity contribution in [3.05, 3.63) is 11.8 Å². The molecular formula is C9H14O2. The summed E-state index contributed by atoms with van der Waals surface area (Å²) in [5.41, 5.74) is 0.738. The van der Waals surface area contributed by atoms with Crippen molar-refractivity contribution >= 4 is 5.78 Å². The maximum Gasteiger partial charge on any atom is 0.165 e. The lowest BCUT2D eigenvalue weighted by Gasteiger charge is -2.23. The van der Waals surface area contributed by atoms with Gasteiger partial charge in [0.05, 0.1) is 6.26 Å². The Morgan fingerprint density at radius 2 is 2.27 bits per heavy atom. The first-order chi connectivity index (χ1) is 5.11. The van der Waals surface area contributed by atoms with Crippen molar-refractivity contribution in [1.29, 1.82) is 0 Å². The number of ketones is 1. The first kappa shape index (κ1) is 8.31. The molecule has 1 aliphatic rings. The van der Waals surface area contributed by atoms with E-state index in [9.17, 15) is 4.79 Å². The molecule has 2 heteroatoms. The van der Waals surface area contributed by atoms with E-state index in [1.807, 2.05) is 0 Å². The minimum absolute atomic E-state index is 0.0891. The molecule has 0 saturated carbocycles. The van der Waals surface area contributed by atoms with Crippen molar-refractivity contribution in [2.75, 3.05) is 0 Å². The van der Waals surface area contributed by atoms with E-state index in [4.69, 9.17) is 4.74 Å². The Labute approximate surface area is 67.2 Å². The van der Waals surface area contributed by atoms with E-state index >= 15 is 0 Å². The molecule has 0 aromatic rings. The fraction of sp³-hybridized carbons (Fsp3) is 0.667. The highest BCUT2D eigenvalue weighted by Gasteiger charge is 2.22. The van der Waals surface area contributed by atoms with E-state index in [1.54, 1.807) is 13.2 Å². The van der Waals surface area contributed by atoms with Crippen LogP contribution in [0.4, 0.5) is 0 Å². The van der Waals surface area contributed by atoms with Gasteiger partial charge in [0, 0.05) is 12.0 Å². The van der Waals surface area contributed by atoms with Gasteiger partial charge in [-0.25, -0.2) is 0 Å². The molecule has 1 unspecified atom stereocenters. The smallest absolute Gasteiger partial charge is 0.165 e. The Morgan fingerprint density at radius 3 is 2.73 bits per heavy atom. The van der Waals surface area contributed by atoms with Crippen LogP contribution in [0.15, 0.2) is 11.8 Å². The fourth-order valence-electron chi connectivity index (χ4n) is 1.04. The number of hydrogen-bond donors (Lipinski definition) is 0. The zero-order valence-electron chi connectivity index (χ0n) is 7.26. The zero-order valence-corrected chi connectivity index (χ0v) is 7.26. The molecule has 0 amide bonds. The van der Waals surface area contributed by atoms with E-state index in [1.165, 1.54) is 0 Å². The van der Waals surface area contributed by atoms with Crippen LogP contribution in [0.3, 0.4) is 0 Å². The van der Waals surface area contributed by atoms with Crippen molar-refractivity contribution in [1.82, 2.24) is 0 Å². The minimum atomic E-state index is 0.0891. The van der Waals surface area contributed by atoms with Gasteiger partial charge in [-0.05, 0) is 12.8 Å². The van der Waals surface area contributed by atoms with E-state index in [0.717, 1.165) is 5.57 Å². The largest absolute Gasteiger partial charge is 0.497 e. The molecule has 1 heterocycles. The lowest BCUT2D eigenvalue weighted by atomic mass is 9.97. The average Bonchev–Trinajstić information content (AvgIpc) is 1.94. The van der Waals surface area contributed by atoms with Gasteiger partial charge in [0.15, 0.2) is 5.78 Å². The molecule has 0 bridgehead atoms. The molecule has 0 aromatic carbocycles. The third kappa shape index (κ3) is 1.82. The number of carbonyl (C=O) groups is 1. The molecule has 1 aliphatic heterocycles. The van der Waals surface area contributed by atoms with Crippen molar-refractivity contribution in [2.45, 2.75) is 33.3 Å². The topological polar surface area (TPSA) is 26.3 Å². The van der Waals surface area contributed by atoms with Gasteiger partial charge >= 0.3 is 0 Å². The molecule has 0 radical (unpaired) electrons. The summed E-state index contributed by atoms with van der Waals surface area (Å²) in [6.07, 6.45) is 2.21. The van der Waals surface area contributed by atoms with Crippen LogP contribution >= 0.6 is 0 Å². The highest BCUT2D eigenvalue weighted by atomic mass is 16.5. The average molecular weight is 154 g/mol. The summed E-state index contributed by atoms with van der Waals surface area (Å²) in [4.78, 5) is 11.2. The second-order valence-electron chi connectivity index (χ2n) is 3.35. The van der Waals surface area contributed by atoms with Gasteiger partial charge in [0.1, 0.15) is 6.10 Å². The molecular weight excluding hydrogens is 140 g/mol. The molecule has 1 rings (SSSR count). The lowest BCUT2D eigenvalue weighted by molar-refractivity contribution is -0.119. The number of allylic oxidation sites excluding steroid dienone is 1. The summed E-state index contributed by atoms with van der Waals surface area (Å²) >= 11 is 0. The monoisotopic (exact) mass is 154 g/mol. The first-order valence-corrected chi connectivity index (χ1v) is 3.96. The van der Waals surface area contributed by atoms with Crippen molar-refractivity contribution in [3.8, 4) is 0 Å². The molecule has 11 heavy (non-hydrogen) atoms. The van der Waals surface area contributed by atoms with E-state index < -0.39 is 0 Å². The maximum atomic E-state index is 11.2. The second kappa shape index (κ2) is 3.07. The normalized spacial score (nSPS) is 24.9. The lowest BCUT2D eigenvalue weighted by Crippen LogP contribution is -2.25.